The van der Waals surface area contributed by atoms with Crippen LogP contribution in [0.5, 0.6) is 0 Å². The molecular formula is C9H7NO. The van der Waals surface area contributed by atoms with E-state index in [1.807, 2.05) is 30.3 Å². The molecule has 1 aromatic rings. The maximum Gasteiger partial charge on any atom is 0.175 e. The Morgan fingerprint density at radius 2 is 2.00 bits per heavy atom. The van der Waals surface area contributed by atoms with Crippen LogP contribution in [-0.4, -0.2) is 6.10 Å². The Kier molecular flexibility index (Phi) is 1.38. The molecule has 0 N–H and O–H groups in total. The fourth-order valence-corrected chi connectivity index (χ4v) is 1.11. The van der Waals surface area contributed by atoms with E-state index in [4.69, 9.17) is 10.00 Å². The topological polar surface area (TPSA) is 36.3 Å². The molecule has 1 aliphatic heterocycles. The quantitative estimate of drug-likeness (QED) is 0.563. The van der Waals surface area contributed by atoms with E-state index < -0.39 is 0 Å². The maximum absolute atomic E-state index is 8.46. The zero-order valence-electron chi connectivity index (χ0n) is 5.90. The van der Waals surface area contributed by atoms with Gasteiger partial charge in [0.05, 0.1) is 6.07 Å². The first-order valence-electron chi connectivity index (χ1n) is 3.52. The summed E-state index contributed by atoms with van der Waals surface area (Å²) in [5.74, 6) is 0. The summed E-state index contributed by atoms with van der Waals surface area (Å²) in [6.45, 7) is 0. The van der Waals surface area contributed by atoms with Crippen molar-refractivity contribution in [2.24, 2.45) is 0 Å². The van der Waals surface area contributed by atoms with Crippen LogP contribution < -0.4 is 0 Å². The van der Waals surface area contributed by atoms with Gasteiger partial charge in [0.15, 0.2) is 6.10 Å². The second kappa shape index (κ2) is 2.37. The third kappa shape index (κ3) is 1.11. The van der Waals surface area contributed by atoms with Gasteiger partial charge < -0.3 is 4.74 Å². The summed E-state index contributed by atoms with van der Waals surface area (Å²) in [6.07, 6.45) is -0.182. The minimum atomic E-state index is -0.211. The van der Waals surface area contributed by atoms with Crippen molar-refractivity contribution in [2.45, 2.75) is 12.2 Å². The second-order valence-corrected chi connectivity index (χ2v) is 2.52. The van der Waals surface area contributed by atoms with Gasteiger partial charge in [-0.05, 0) is 5.56 Å². The van der Waals surface area contributed by atoms with Gasteiger partial charge in [-0.2, -0.15) is 5.26 Å². The molecule has 0 aliphatic carbocycles. The van der Waals surface area contributed by atoms with Crippen molar-refractivity contribution in [1.82, 2.24) is 0 Å². The van der Waals surface area contributed by atoms with E-state index in [2.05, 4.69) is 6.07 Å². The number of rotatable bonds is 1. The van der Waals surface area contributed by atoms with E-state index in [-0.39, 0.29) is 12.2 Å². The van der Waals surface area contributed by atoms with Crippen molar-refractivity contribution in [2.75, 3.05) is 0 Å². The van der Waals surface area contributed by atoms with Crippen LogP contribution in [0.4, 0.5) is 0 Å². The zero-order valence-corrected chi connectivity index (χ0v) is 5.90. The Morgan fingerprint density at radius 3 is 2.55 bits per heavy atom. The van der Waals surface area contributed by atoms with Crippen molar-refractivity contribution in [3.63, 3.8) is 0 Å². The lowest BCUT2D eigenvalue weighted by molar-refractivity contribution is 0.396. The first-order valence-corrected chi connectivity index (χ1v) is 3.52. The van der Waals surface area contributed by atoms with Gasteiger partial charge in [-0.25, -0.2) is 0 Å². The van der Waals surface area contributed by atoms with Gasteiger partial charge in [0.25, 0.3) is 0 Å². The van der Waals surface area contributed by atoms with E-state index >= 15 is 0 Å². The van der Waals surface area contributed by atoms with Crippen molar-refractivity contribution >= 4 is 0 Å². The molecule has 2 rings (SSSR count). The molecule has 0 bridgehead atoms. The van der Waals surface area contributed by atoms with Crippen molar-refractivity contribution in [3.8, 4) is 6.07 Å². The summed E-state index contributed by atoms with van der Waals surface area (Å²) < 4.78 is 5.09. The first kappa shape index (κ1) is 6.38. The highest BCUT2D eigenvalue weighted by atomic mass is 16.6. The molecular weight excluding hydrogens is 138 g/mol. The fraction of sp³-hybridized carbons (Fsp3) is 0.222. The lowest BCUT2D eigenvalue weighted by atomic mass is 10.1. The summed E-state index contributed by atoms with van der Waals surface area (Å²) >= 11 is 0. The van der Waals surface area contributed by atoms with Crippen molar-refractivity contribution < 1.29 is 4.74 Å². The predicted molar refractivity (Wildman–Crippen MR) is 39.7 cm³/mol. The van der Waals surface area contributed by atoms with Crippen molar-refractivity contribution in [3.05, 3.63) is 35.9 Å². The number of benzene rings is 1. The Hall–Kier alpha value is -1.33. The number of nitriles is 1. The van der Waals surface area contributed by atoms with Crippen LogP contribution in [0.3, 0.4) is 0 Å². The number of nitrogens with zero attached hydrogens (tertiary/aromatic N) is 1. The summed E-state index contributed by atoms with van der Waals surface area (Å²) in [7, 11) is 0. The molecule has 1 saturated heterocycles. The molecule has 2 heteroatoms. The van der Waals surface area contributed by atoms with E-state index in [1.165, 1.54) is 0 Å². The number of hydrogen-bond acceptors (Lipinski definition) is 2. The van der Waals surface area contributed by atoms with Gasteiger partial charge in [0.1, 0.15) is 6.10 Å². The van der Waals surface area contributed by atoms with Gasteiger partial charge in [-0.3, -0.25) is 0 Å². The third-order valence-corrected chi connectivity index (χ3v) is 1.75. The lowest BCUT2D eigenvalue weighted by Crippen LogP contribution is -1.82. The summed E-state index contributed by atoms with van der Waals surface area (Å²) in [6, 6.07) is 11.9. The minimum Gasteiger partial charge on any atom is -0.348 e. The van der Waals surface area contributed by atoms with E-state index in [1.54, 1.807) is 0 Å². The molecule has 0 saturated carbocycles. The Labute approximate surface area is 65.0 Å². The van der Waals surface area contributed by atoms with E-state index in [0.717, 1.165) is 5.56 Å². The summed E-state index contributed by atoms with van der Waals surface area (Å²) in [5.41, 5.74) is 1.10. The average Bonchev–Trinajstić information content (AvgIpc) is 2.85. The Balaban J connectivity index is 2.16. The number of ether oxygens (including phenoxy) is 1. The average molecular weight is 145 g/mol. The molecule has 1 aromatic carbocycles. The monoisotopic (exact) mass is 145 g/mol. The third-order valence-electron chi connectivity index (χ3n) is 1.75. The van der Waals surface area contributed by atoms with Crippen molar-refractivity contribution in [1.29, 1.82) is 5.26 Å². The normalized spacial score (nSPS) is 27.5. The van der Waals surface area contributed by atoms with Gasteiger partial charge in [0, 0.05) is 0 Å². The minimum absolute atomic E-state index is 0.0289. The molecule has 0 amide bonds. The van der Waals surface area contributed by atoms with Crippen LogP contribution in [0.1, 0.15) is 11.7 Å². The first-order chi connectivity index (χ1) is 5.42. The van der Waals surface area contributed by atoms with Gasteiger partial charge in [-0.15, -0.1) is 0 Å². The smallest absolute Gasteiger partial charge is 0.175 e. The number of hydrogen-bond donors (Lipinski definition) is 0. The number of epoxide rings is 1. The lowest BCUT2D eigenvalue weighted by Gasteiger charge is -1.90. The molecule has 0 unspecified atom stereocenters. The fourth-order valence-electron chi connectivity index (χ4n) is 1.11. The largest absolute Gasteiger partial charge is 0.348 e. The molecule has 0 radical (unpaired) electrons. The van der Waals surface area contributed by atoms with Crippen LogP contribution in [0.25, 0.3) is 0 Å². The molecule has 54 valence electrons. The molecule has 1 aliphatic rings. The Bertz CT molecular complexity index is 288. The van der Waals surface area contributed by atoms with Crippen LogP contribution in [-0.2, 0) is 4.74 Å². The van der Waals surface area contributed by atoms with Crippen LogP contribution >= 0.6 is 0 Å². The zero-order chi connectivity index (χ0) is 7.68. The molecule has 2 atom stereocenters. The standard InChI is InChI=1S/C9H7NO/c10-6-8-9(11-8)7-4-2-1-3-5-7/h1-5,8-9H/t8-,9-/m1/s1. The van der Waals surface area contributed by atoms with E-state index in [0.29, 0.717) is 0 Å². The predicted octanol–water partition coefficient (Wildman–Crippen LogP) is 1.65. The SMILES string of the molecule is N#C[C@H]1O[C@@H]1c1ccccc1. The molecule has 11 heavy (non-hydrogen) atoms. The molecule has 1 heterocycles. The van der Waals surface area contributed by atoms with Crippen LogP contribution in [0, 0.1) is 11.3 Å². The maximum atomic E-state index is 8.46. The molecule has 0 spiro atoms. The van der Waals surface area contributed by atoms with Gasteiger partial charge in [0.2, 0.25) is 0 Å². The molecule has 2 nitrogen and oxygen atoms in total. The highest BCUT2D eigenvalue weighted by Crippen LogP contribution is 2.37. The summed E-state index contributed by atoms with van der Waals surface area (Å²) in [5, 5.41) is 8.46. The Morgan fingerprint density at radius 1 is 1.27 bits per heavy atom. The summed E-state index contributed by atoms with van der Waals surface area (Å²) in [4.78, 5) is 0. The second-order valence-electron chi connectivity index (χ2n) is 2.52. The van der Waals surface area contributed by atoms with Crippen LogP contribution in [0.2, 0.25) is 0 Å². The van der Waals surface area contributed by atoms with Gasteiger partial charge in [-0.1, -0.05) is 30.3 Å². The molecule has 1 fully saturated rings. The van der Waals surface area contributed by atoms with Gasteiger partial charge >= 0.3 is 0 Å². The highest BCUT2D eigenvalue weighted by molar-refractivity contribution is 5.25. The molecule has 0 aromatic heterocycles. The van der Waals surface area contributed by atoms with E-state index in [9.17, 15) is 0 Å². The highest BCUT2D eigenvalue weighted by Gasteiger charge is 2.40. The van der Waals surface area contributed by atoms with Crippen LogP contribution in [0.15, 0.2) is 30.3 Å².